The quantitative estimate of drug-likeness (QED) is 0.861. The molecule has 2 aromatic rings. The second-order valence-electron chi connectivity index (χ2n) is 6.18. The minimum Gasteiger partial charge on any atom is -0.495 e. The third kappa shape index (κ3) is 3.37. The third-order valence-electron chi connectivity index (χ3n) is 4.32. The molecule has 0 fully saturated rings. The molecule has 0 bridgehead atoms. The van der Waals surface area contributed by atoms with E-state index in [2.05, 4.69) is 4.72 Å². The van der Waals surface area contributed by atoms with E-state index in [1.54, 1.807) is 29.2 Å². The molecule has 6 nitrogen and oxygen atoms in total. The number of sulfonamides is 1. The molecule has 1 amide bonds. The second-order valence-corrected chi connectivity index (χ2v) is 8.30. The highest BCUT2D eigenvalue weighted by Gasteiger charge is 2.30. The first-order valence-electron chi connectivity index (χ1n) is 8.02. The molecule has 1 aliphatic rings. The van der Waals surface area contributed by atoms with Crippen LogP contribution in [0.25, 0.3) is 0 Å². The number of nitrogens with zero attached hydrogens (tertiary/aromatic N) is 1. The van der Waals surface area contributed by atoms with Gasteiger partial charge in [0.1, 0.15) is 5.75 Å². The van der Waals surface area contributed by atoms with Crippen molar-refractivity contribution >= 4 is 38.9 Å². The second kappa shape index (κ2) is 6.81. The van der Waals surface area contributed by atoms with E-state index in [1.807, 2.05) is 6.92 Å². The standard InChI is InChI=1S/C18H19ClN2O4S/c1-11-8-13-9-15(5-6-17(13)21(11)12(2)22)26(23,24)20-16-10-14(19)4-7-18(16)25-3/h4-7,9-11,20H,8H2,1-3H3/t11-/m0/s1. The Morgan fingerprint density at radius 3 is 2.65 bits per heavy atom. The summed E-state index contributed by atoms with van der Waals surface area (Å²) >= 11 is 5.96. The molecule has 1 N–H and O–H groups in total. The van der Waals surface area contributed by atoms with Gasteiger partial charge >= 0.3 is 0 Å². The average Bonchev–Trinajstić information content (AvgIpc) is 2.89. The molecule has 1 atom stereocenters. The van der Waals surface area contributed by atoms with E-state index in [9.17, 15) is 13.2 Å². The highest BCUT2D eigenvalue weighted by atomic mass is 35.5. The summed E-state index contributed by atoms with van der Waals surface area (Å²) in [6, 6.07) is 9.47. The van der Waals surface area contributed by atoms with Crippen molar-refractivity contribution in [2.45, 2.75) is 31.2 Å². The SMILES string of the molecule is COc1ccc(Cl)cc1NS(=O)(=O)c1ccc2c(c1)C[C@H](C)N2C(C)=O. The number of ether oxygens (including phenoxy) is 1. The summed E-state index contributed by atoms with van der Waals surface area (Å²) in [5.74, 6) is 0.309. The van der Waals surface area contributed by atoms with E-state index in [-0.39, 0.29) is 22.5 Å². The predicted molar refractivity (Wildman–Crippen MR) is 102 cm³/mol. The molecule has 2 aromatic carbocycles. The molecular weight excluding hydrogens is 376 g/mol. The van der Waals surface area contributed by atoms with Crippen LogP contribution in [0.4, 0.5) is 11.4 Å². The van der Waals surface area contributed by atoms with Crippen LogP contribution in [-0.2, 0) is 21.2 Å². The molecule has 8 heteroatoms. The summed E-state index contributed by atoms with van der Waals surface area (Å²) in [4.78, 5) is 13.6. The molecule has 0 aromatic heterocycles. The zero-order valence-electron chi connectivity index (χ0n) is 14.6. The molecule has 0 saturated carbocycles. The van der Waals surface area contributed by atoms with Gasteiger partial charge in [0.25, 0.3) is 10.0 Å². The highest BCUT2D eigenvalue weighted by Crippen LogP contribution is 2.35. The zero-order chi connectivity index (χ0) is 19.1. The lowest BCUT2D eigenvalue weighted by molar-refractivity contribution is -0.116. The van der Waals surface area contributed by atoms with E-state index < -0.39 is 10.0 Å². The molecule has 0 radical (unpaired) electrons. The van der Waals surface area contributed by atoms with Gasteiger partial charge in [-0.25, -0.2) is 8.42 Å². The van der Waals surface area contributed by atoms with Gasteiger partial charge in [-0.2, -0.15) is 0 Å². The number of methoxy groups -OCH3 is 1. The number of hydrogen-bond acceptors (Lipinski definition) is 4. The molecule has 1 heterocycles. The van der Waals surface area contributed by atoms with E-state index in [0.717, 1.165) is 11.3 Å². The van der Waals surface area contributed by atoms with Crippen molar-refractivity contribution in [1.29, 1.82) is 0 Å². The van der Waals surface area contributed by atoms with E-state index in [0.29, 0.717) is 17.2 Å². The van der Waals surface area contributed by atoms with Crippen molar-refractivity contribution in [2.24, 2.45) is 0 Å². The summed E-state index contributed by atoms with van der Waals surface area (Å²) in [6.07, 6.45) is 0.610. The van der Waals surface area contributed by atoms with Crippen molar-refractivity contribution in [2.75, 3.05) is 16.7 Å². The van der Waals surface area contributed by atoms with Gasteiger partial charge in [0.05, 0.1) is 17.7 Å². The molecule has 0 unspecified atom stereocenters. The topological polar surface area (TPSA) is 75.7 Å². The fourth-order valence-electron chi connectivity index (χ4n) is 3.22. The zero-order valence-corrected chi connectivity index (χ0v) is 16.2. The van der Waals surface area contributed by atoms with Crippen LogP contribution in [0.5, 0.6) is 5.75 Å². The van der Waals surface area contributed by atoms with Crippen molar-refractivity contribution in [3.63, 3.8) is 0 Å². The summed E-state index contributed by atoms with van der Waals surface area (Å²) < 4.78 is 33.3. The number of carbonyl (C=O) groups is 1. The lowest BCUT2D eigenvalue weighted by atomic mass is 10.1. The van der Waals surface area contributed by atoms with Crippen LogP contribution in [0, 0.1) is 0 Å². The van der Waals surface area contributed by atoms with E-state index in [1.165, 1.54) is 26.2 Å². The summed E-state index contributed by atoms with van der Waals surface area (Å²) in [7, 11) is -2.38. The van der Waals surface area contributed by atoms with Gasteiger partial charge in [-0.3, -0.25) is 9.52 Å². The Kier molecular flexibility index (Phi) is 4.86. The molecule has 0 spiro atoms. The minimum atomic E-state index is -3.83. The number of hydrogen-bond donors (Lipinski definition) is 1. The number of carbonyl (C=O) groups excluding carboxylic acids is 1. The van der Waals surface area contributed by atoms with Gasteiger partial charge < -0.3 is 9.64 Å². The summed E-state index contributed by atoms with van der Waals surface area (Å²) in [5.41, 5.74) is 1.84. The molecule has 26 heavy (non-hydrogen) atoms. The normalized spacial score (nSPS) is 16.3. The summed E-state index contributed by atoms with van der Waals surface area (Å²) in [5, 5.41) is 0.392. The van der Waals surface area contributed by atoms with Crippen molar-refractivity contribution < 1.29 is 17.9 Å². The first-order chi connectivity index (χ1) is 12.2. The van der Waals surface area contributed by atoms with Crippen molar-refractivity contribution in [3.05, 3.63) is 47.0 Å². The number of rotatable bonds is 4. The molecule has 0 aliphatic carbocycles. The van der Waals surface area contributed by atoms with Crippen LogP contribution in [0.1, 0.15) is 19.4 Å². The van der Waals surface area contributed by atoms with Crippen LogP contribution in [0.2, 0.25) is 5.02 Å². The van der Waals surface area contributed by atoms with Gasteiger partial charge in [-0.05, 0) is 55.3 Å². The highest BCUT2D eigenvalue weighted by molar-refractivity contribution is 7.92. The lowest BCUT2D eigenvalue weighted by Gasteiger charge is -2.20. The molecule has 3 rings (SSSR count). The maximum Gasteiger partial charge on any atom is 0.262 e. The Hall–Kier alpha value is -2.25. The number of anilines is 2. The fraction of sp³-hybridized carbons (Fsp3) is 0.278. The number of fused-ring (bicyclic) bond motifs is 1. The largest absolute Gasteiger partial charge is 0.495 e. The fourth-order valence-corrected chi connectivity index (χ4v) is 4.50. The first kappa shape index (κ1) is 18.5. The maximum atomic E-state index is 12.8. The van der Waals surface area contributed by atoms with Crippen molar-refractivity contribution in [1.82, 2.24) is 0 Å². The Bertz CT molecular complexity index is 975. The number of benzene rings is 2. The van der Waals surface area contributed by atoms with Gasteiger partial charge in [0.15, 0.2) is 0 Å². The van der Waals surface area contributed by atoms with Crippen molar-refractivity contribution in [3.8, 4) is 5.75 Å². The Balaban J connectivity index is 1.96. The molecule has 0 saturated heterocycles. The maximum absolute atomic E-state index is 12.8. The van der Waals surface area contributed by atoms with Gasteiger partial charge in [-0.1, -0.05) is 11.6 Å². The first-order valence-corrected chi connectivity index (χ1v) is 9.88. The molecule has 138 valence electrons. The smallest absolute Gasteiger partial charge is 0.262 e. The van der Waals surface area contributed by atoms with Gasteiger partial charge in [0, 0.05) is 23.7 Å². The molecular formula is C18H19ClN2O4S. The Morgan fingerprint density at radius 2 is 2.00 bits per heavy atom. The summed E-state index contributed by atoms with van der Waals surface area (Å²) in [6.45, 7) is 3.44. The number of halogens is 1. The van der Waals surface area contributed by atoms with Crippen LogP contribution < -0.4 is 14.4 Å². The Morgan fingerprint density at radius 1 is 1.27 bits per heavy atom. The minimum absolute atomic E-state index is 0.00133. The third-order valence-corrected chi connectivity index (χ3v) is 5.92. The number of nitrogens with one attached hydrogen (secondary N) is 1. The van der Waals surface area contributed by atoms with E-state index in [4.69, 9.17) is 16.3 Å². The molecule has 1 aliphatic heterocycles. The monoisotopic (exact) mass is 394 g/mol. The van der Waals surface area contributed by atoms with E-state index >= 15 is 0 Å². The van der Waals surface area contributed by atoms with Crippen LogP contribution in [0.15, 0.2) is 41.3 Å². The van der Waals surface area contributed by atoms with Gasteiger partial charge in [-0.15, -0.1) is 0 Å². The number of amides is 1. The van der Waals surface area contributed by atoms with Crippen LogP contribution >= 0.6 is 11.6 Å². The van der Waals surface area contributed by atoms with Crippen LogP contribution in [0.3, 0.4) is 0 Å². The van der Waals surface area contributed by atoms with Gasteiger partial charge in [0.2, 0.25) is 5.91 Å². The average molecular weight is 395 g/mol. The Labute approximate surface area is 157 Å². The van der Waals surface area contributed by atoms with Crippen LogP contribution in [-0.4, -0.2) is 27.5 Å². The predicted octanol–water partition coefficient (Wildman–Crippen LogP) is 3.45. The lowest BCUT2D eigenvalue weighted by Crippen LogP contribution is -2.33.